The molecule has 4 N–H and O–H groups in total. The van der Waals surface area contributed by atoms with Crippen LogP contribution in [0.2, 0.25) is 0 Å². The molecule has 2 saturated heterocycles. The van der Waals surface area contributed by atoms with E-state index < -0.39 is 23.5 Å². The van der Waals surface area contributed by atoms with E-state index in [1.54, 1.807) is 14.0 Å². The average molecular weight is 390 g/mol. The summed E-state index contributed by atoms with van der Waals surface area (Å²) in [5, 5.41) is 0. The molecule has 3 heterocycles. The quantitative estimate of drug-likeness (QED) is 0.503. The molecule has 1 aliphatic carbocycles. The van der Waals surface area contributed by atoms with Gasteiger partial charge in [0.2, 0.25) is 11.6 Å². The van der Waals surface area contributed by atoms with E-state index in [1.807, 2.05) is 4.90 Å². The van der Waals surface area contributed by atoms with E-state index in [-0.39, 0.29) is 46.9 Å². The van der Waals surface area contributed by atoms with Crippen molar-refractivity contribution in [2.24, 2.45) is 17.4 Å². The summed E-state index contributed by atoms with van der Waals surface area (Å²) in [6, 6.07) is 0.128. The zero-order valence-corrected chi connectivity index (χ0v) is 16.7. The van der Waals surface area contributed by atoms with Gasteiger partial charge in [0.25, 0.3) is 0 Å². The van der Waals surface area contributed by atoms with Gasteiger partial charge < -0.3 is 25.8 Å². The largest absolute Gasteiger partial charge is 0.449 e. The summed E-state index contributed by atoms with van der Waals surface area (Å²) in [6.45, 7) is 8.26. The third-order valence-electron chi connectivity index (χ3n) is 6.46. The van der Waals surface area contributed by atoms with Gasteiger partial charge >= 0.3 is 6.09 Å². The Morgan fingerprint density at radius 3 is 2.46 bits per heavy atom. The molecule has 2 fully saturated rings. The number of Topliss-reactive ketones (excluding diaryl/α,β-unsaturated/α-hetero) is 2. The van der Waals surface area contributed by atoms with Gasteiger partial charge in [0, 0.05) is 36.4 Å². The highest BCUT2D eigenvalue weighted by Crippen LogP contribution is 2.61. The fourth-order valence-electron chi connectivity index (χ4n) is 5.39. The highest BCUT2D eigenvalue weighted by Gasteiger charge is 2.77. The molecule has 28 heavy (non-hydrogen) atoms. The van der Waals surface area contributed by atoms with Crippen LogP contribution in [0.4, 0.5) is 4.79 Å². The van der Waals surface area contributed by atoms with Crippen molar-refractivity contribution < 1.29 is 23.9 Å². The Balaban J connectivity index is 1.84. The van der Waals surface area contributed by atoms with E-state index in [2.05, 4.69) is 25.7 Å². The summed E-state index contributed by atoms with van der Waals surface area (Å²) in [5.74, 6) is -1.35. The predicted octanol–water partition coefficient (Wildman–Crippen LogP) is -0.140. The zero-order valence-electron chi connectivity index (χ0n) is 16.7. The van der Waals surface area contributed by atoms with E-state index in [9.17, 15) is 14.4 Å². The first kappa shape index (κ1) is 18.9. The molecule has 0 spiro atoms. The summed E-state index contributed by atoms with van der Waals surface area (Å²) in [6.07, 6.45) is -0.945. The predicted molar refractivity (Wildman–Crippen MR) is 98.6 cm³/mol. The van der Waals surface area contributed by atoms with Crippen LogP contribution in [0.5, 0.6) is 0 Å². The number of methoxy groups -OCH3 is 1. The summed E-state index contributed by atoms with van der Waals surface area (Å²) in [4.78, 5) is 41.6. The summed E-state index contributed by atoms with van der Waals surface area (Å²) < 4.78 is 11.2. The minimum absolute atomic E-state index is 0.0493. The fourth-order valence-corrected chi connectivity index (χ4v) is 5.39. The van der Waals surface area contributed by atoms with Crippen LogP contribution in [0.25, 0.3) is 0 Å². The second-order valence-electron chi connectivity index (χ2n) is 8.80. The van der Waals surface area contributed by atoms with E-state index in [0.717, 1.165) is 0 Å². The van der Waals surface area contributed by atoms with Crippen molar-refractivity contribution in [3.05, 3.63) is 22.5 Å². The maximum Gasteiger partial charge on any atom is 0.404 e. The maximum atomic E-state index is 13.1. The number of carbonyl (C=O) groups excluding carboxylic acids is 3. The number of fused-ring (bicyclic) bond motifs is 4. The lowest BCUT2D eigenvalue weighted by Crippen LogP contribution is -2.57. The maximum absolute atomic E-state index is 13.1. The molecule has 9 nitrogen and oxygen atoms in total. The van der Waals surface area contributed by atoms with Gasteiger partial charge in [-0.1, -0.05) is 0 Å². The molecule has 5 atom stereocenters. The molecule has 1 unspecified atom stereocenters. The number of hydrogen-bond donors (Lipinski definition) is 2. The van der Waals surface area contributed by atoms with E-state index >= 15 is 0 Å². The van der Waals surface area contributed by atoms with Gasteiger partial charge in [-0.05, 0) is 27.7 Å². The lowest BCUT2D eigenvalue weighted by atomic mass is 9.82. The van der Waals surface area contributed by atoms with Crippen LogP contribution < -0.4 is 11.5 Å². The molecule has 0 aromatic heterocycles. The monoisotopic (exact) mass is 390 g/mol. The van der Waals surface area contributed by atoms with Crippen LogP contribution in [-0.4, -0.2) is 71.1 Å². The average Bonchev–Trinajstić information content (AvgIpc) is 3.15. The second-order valence-corrected chi connectivity index (χ2v) is 8.80. The zero-order chi connectivity index (χ0) is 20.8. The Morgan fingerprint density at radius 1 is 1.29 bits per heavy atom. The molecular formula is C19H26N4O5. The molecule has 3 aliphatic heterocycles. The highest BCUT2D eigenvalue weighted by atomic mass is 16.6. The standard InChI is InChI=1S/C19H26N4O5/c1-8-12(20)15(25)11-9(7-28-17(21)26)19(27-5)16-10(23(16)18(2,3)4)6-22(19)13(11)14(8)24/h9-10,16H,6-7,20H2,1-5H3,(H2,21,26)/t9-,10+,16+,19-,23?/m1/s1. The normalized spacial score (nSPS) is 36.5. The molecule has 1 amide bonds. The molecule has 0 aromatic rings. The number of primary amides is 1. The van der Waals surface area contributed by atoms with Crippen molar-refractivity contribution >= 4 is 17.7 Å². The topological polar surface area (TPSA) is 128 Å². The van der Waals surface area contributed by atoms with Crippen molar-refractivity contribution in [2.75, 3.05) is 20.3 Å². The number of ether oxygens (including phenoxy) is 2. The highest BCUT2D eigenvalue weighted by molar-refractivity contribution is 6.25. The summed E-state index contributed by atoms with van der Waals surface area (Å²) in [5.41, 5.74) is 10.8. The van der Waals surface area contributed by atoms with Crippen molar-refractivity contribution in [3.8, 4) is 0 Å². The minimum atomic E-state index is -0.992. The van der Waals surface area contributed by atoms with Crippen LogP contribution >= 0.6 is 0 Å². The number of nitrogens with two attached hydrogens (primary N) is 2. The van der Waals surface area contributed by atoms with Gasteiger partial charge in [-0.2, -0.15) is 0 Å². The molecule has 4 rings (SSSR count). The molecule has 152 valence electrons. The van der Waals surface area contributed by atoms with Crippen LogP contribution in [0.1, 0.15) is 27.7 Å². The van der Waals surface area contributed by atoms with Crippen molar-refractivity contribution in [1.82, 2.24) is 9.80 Å². The Bertz CT molecular complexity index is 870. The van der Waals surface area contributed by atoms with Gasteiger partial charge in [-0.15, -0.1) is 0 Å². The number of allylic oxidation sites excluding steroid dienone is 2. The Labute approximate surface area is 163 Å². The van der Waals surface area contributed by atoms with Crippen LogP contribution in [0.15, 0.2) is 22.5 Å². The fraction of sp³-hybridized carbons (Fsp3) is 0.632. The van der Waals surface area contributed by atoms with E-state index in [0.29, 0.717) is 12.2 Å². The lowest BCUT2D eigenvalue weighted by molar-refractivity contribution is -0.149. The summed E-state index contributed by atoms with van der Waals surface area (Å²) >= 11 is 0. The third kappa shape index (κ3) is 2.11. The van der Waals surface area contributed by atoms with Gasteiger partial charge in [0.1, 0.15) is 6.61 Å². The van der Waals surface area contributed by atoms with Gasteiger partial charge in [0.05, 0.1) is 23.4 Å². The Morgan fingerprint density at radius 2 is 1.93 bits per heavy atom. The van der Waals surface area contributed by atoms with Crippen LogP contribution in [0.3, 0.4) is 0 Å². The molecule has 0 radical (unpaired) electrons. The van der Waals surface area contributed by atoms with Crippen LogP contribution in [0, 0.1) is 5.92 Å². The molecular weight excluding hydrogens is 364 g/mol. The number of piperazine rings is 1. The number of hydrogen-bond acceptors (Lipinski definition) is 8. The Kier molecular flexibility index (Phi) is 3.77. The molecule has 0 saturated carbocycles. The number of amides is 1. The van der Waals surface area contributed by atoms with Gasteiger partial charge in [-0.25, -0.2) is 4.79 Å². The summed E-state index contributed by atoms with van der Waals surface area (Å²) in [7, 11) is 1.56. The Hall–Kier alpha value is -2.39. The molecule has 0 bridgehead atoms. The third-order valence-corrected chi connectivity index (χ3v) is 6.46. The van der Waals surface area contributed by atoms with E-state index in [4.69, 9.17) is 20.9 Å². The SMILES string of the molecule is CO[C@@]12[C@H](COC(N)=O)C3=C(C(=O)C(C)=C(N)C3=O)N1C[C@H]1[C@@H]2N1C(C)(C)C. The van der Waals surface area contributed by atoms with Crippen LogP contribution in [-0.2, 0) is 19.1 Å². The first-order chi connectivity index (χ1) is 13.0. The van der Waals surface area contributed by atoms with Crippen molar-refractivity contribution in [3.63, 3.8) is 0 Å². The lowest BCUT2D eigenvalue weighted by Gasteiger charge is -2.43. The number of ketones is 2. The van der Waals surface area contributed by atoms with Crippen molar-refractivity contribution in [1.29, 1.82) is 0 Å². The second kappa shape index (κ2) is 5.57. The first-order valence-electron chi connectivity index (χ1n) is 9.31. The van der Waals surface area contributed by atoms with Gasteiger partial charge in [-0.3, -0.25) is 14.5 Å². The minimum Gasteiger partial charge on any atom is -0.449 e. The number of carbonyl (C=O) groups is 3. The molecule has 9 heteroatoms. The van der Waals surface area contributed by atoms with Crippen molar-refractivity contribution in [2.45, 2.75) is 51.0 Å². The number of rotatable bonds is 3. The molecule has 0 aromatic carbocycles. The number of nitrogens with zero attached hydrogens (tertiary/aromatic N) is 2. The first-order valence-corrected chi connectivity index (χ1v) is 9.31. The molecule has 4 aliphatic rings. The van der Waals surface area contributed by atoms with E-state index in [1.165, 1.54) is 0 Å². The smallest absolute Gasteiger partial charge is 0.404 e. The van der Waals surface area contributed by atoms with Gasteiger partial charge in [0.15, 0.2) is 5.72 Å².